The fourth-order valence-electron chi connectivity index (χ4n) is 5.37. The van der Waals surface area contributed by atoms with Crippen molar-refractivity contribution < 1.29 is 4.79 Å². The van der Waals surface area contributed by atoms with Crippen molar-refractivity contribution in [2.75, 3.05) is 0 Å². The number of carbonyl (C=O) groups excluding carboxylic acids is 1. The first-order chi connectivity index (χ1) is 9.59. The summed E-state index contributed by atoms with van der Waals surface area (Å²) in [7, 11) is 5.93. The molecule has 102 valence electrons. The van der Waals surface area contributed by atoms with Crippen LogP contribution >= 0.6 is 0 Å². The molecule has 1 nitrogen and oxygen atoms in total. The van der Waals surface area contributed by atoms with Crippen LogP contribution in [-0.4, -0.2) is 13.6 Å². The molecule has 3 aliphatic carbocycles. The Morgan fingerprint density at radius 3 is 2.90 bits per heavy atom. The van der Waals surface area contributed by atoms with Crippen LogP contribution in [0.1, 0.15) is 56.1 Å². The van der Waals surface area contributed by atoms with Gasteiger partial charge in [0, 0.05) is 11.8 Å². The van der Waals surface area contributed by atoms with E-state index in [0.717, 1.165) is 37.1 Å². The first-order valence-electron chi connectivity index (χ1n) is 8.01. The zero-order chi connectivity index (χ0) is 13.9. The van der Waals surface area contributed by atoms with Crippen molar-refractivity contribution in [2.45, 2.75) is 51.4 Å². The van der Waals surface area contributed by atoms with Crippen LogP contribution < -0.4 is 5.46 Å². The number of benzene rings is 1. The van der Waals surface area contributed by atoms with Gasteiger partial charge in [0.15, 0.2) is 0 Å². The summed E-state index contributed by atoms with van der Waals surface area (Å²) in [4.78, 5) is 12.3. The van der Waals surface area contributed by atoms with Crippen molar-refractivity contribution in [3.8, 4) is 0 Å². The number of carbonyl (C=O) groups is 1. The number of hydrogen-bond donors (Lipinski definition) is 0. The third-order valence-corrected chi connectivity index (χ3v) is 6.46. The summed E-state index contributed by atoms with van der Waals surface area (Å²) in [5.41, 5.74) is 3.86. The summed E-state index contributed by atoms with van der Waals surface area (Å²) < 4.78 is 0. The predicted molar refractivity (Wildman–Crippen MR) is 81.5 cm³/mol. The zero-order valence-electron chi connectivity index (χ0n) is 12.2. The average Bonchev–Trinajstić information content (AvgIpc) is 2.74. The number of Topliss-reactive ketones (excluding diaryl/α,β-unsaturated/α-hetero) is 1. The number of rotatable bonds is 0. The maximum atomic E-state index is 12.3. The van der Waals surface area contributed by atoms with E-state index in [1.807, 2.05) is 0 Å². The molecule has 0 N–H and O–H groups in total. The molecule has 0 unspecified atom stereocenters. The van der Waals surface area contributed by atoms with Crippen molar-refractivity contribution in [3.63, 3.8) is 0 Å². The largest absolute Gasteiger partial charge is 0.299 e. The van der Waals surface area contributed by atoms with Gasteiger partial charge in [0.2, 0.25) is 0 Å². The lowest BCUT2D eigenvalue weighted by Gasteiger charge is -2.48. The lowest BCUT2D eigenvalue weighted by molar-refractivity contribution is -0.129. The molecule has 20 heavy (non-hydrogen) atoms. The van der Waals surface area contributed by atoms with E-state index in [1.165, 1.54) is 24.0 Å². The second-order valence-corrected chi connectivity index (χ2v) is 7.29. The molecule has 0 amide bonds. The molecule has 4 atom stereocenters. The first kappa shape index (κ1) is 12.7. The summed E-state index contributed by atoms with van der Waals surface area (Å²) in [5.74, 6) is 2.54. The number of aryl methyl sites for hydroxylation is 1. The van der Waals surface area contributed by atoms with Crippen LogP contribution in [0.25, 0.3) is 0 Å². The maximum absolute atomic E-state index is 12.3. The maximum Gasteiger partial charge on any atom is 0.139 e. The summed E-state index contributed by atoms with van der Waals surface area (Å²) in [6, 6.07) is 6.47. The van der Waals surface area contributed by atoms with Gasteiger partial charge in [-0.2, -0.15) is 0 Å². The number of ketones is 1. The van der Waals surface area contributed by atoms with E-state index in [4.69, 9.17) is 7.85 Å². The minimum absolute atomic E-state index is 0.00746. The normalized spacial score (nSPS) is 39.0. The highest BCUT2D eigenvalue weighted by molar-refractivity contribution is 6.32. The Bertz CT molecular complexity index is 579. The second-order valence-electron chi connectivity index (χ2n) is 7.29. The smallest absolute Gasteiger partial charge is 0.139 e. The van der Waals surface area contributed by atoms with E-state index < -0.39 is 0 Å². The van der Waals surface area contributed by atoms with Gasteiger partial charge in [-0.25, -0.2) is 0 Å². The molecule has 2 radical (unpaired) electrons. The molecule has 0 saturated heterocycles. The molecule has 0 bridgehead atoms. The molecule has 1 aromatic rings. The molecule has 2 fully saturated rings. The standard InChI is InChI=1S/C18H21BO/c1-18-9-8-14-13-5-3-12(19)10-11(13)2-4-15(14)16(18)6-7-17(18)20/h3,5,10,14-16H,2,4,6-9H2,1H3/t14-,15-,16+,18+/m1/s1. The summed E-state index contributed by atoms with van der Waals surface area (Å²) >= 11 is 0. The summed E-state index contributed by atoms with van der Waals surface area (Å²) in [6.07, 6.45) is 6.60. The molecule has 0 spiro atoms. The minimum atomic E-state index is -0.00746. The molecule has 0 heterocycles. The molecule has 2 heteroatoms. The van der Waals surface area contributed by atoms with E-state index in [9.17, 15) is 4.79 Å². The molecule has 0 aromatic heterocycles. The van der Waals surface area contributed by atoms with Gasteiger partial charge >= 0.3 is 0 Å². The van der Waals surface area contributed by atoms with Gasteiger partial charge < -0.3 is 0 Å². The molecule has 1 aromatic carbocycles. The summed E-state index contributed by atoms with van der Waals surface area (Å²) in [5, 5.41) is 0. The Balaban J connectivity index is 1.73. The first-order valence-corrected chi connectivity index (χ1v) is 8.01. The van der Waals surface area contributed by atoms with Crippen LogP contribution in [0.5, 0.6) is 0 Å². The highest BCUT2D eigenvalue weighted by Crippen LogP contribution is 2.59. The quantitative estimate of drug-likeness (QED) is 0.658. The van der Waals surface area contributed by atoms with E-state index in [1.54, 1.807) is 0 Å². The lowest BCUT2D eigenvalue weighted by atomic mass is 9.55. The minimum Gasteiger partial charge on any atom is -0.299 e. The molecular formula is C18H21BO. The monoisotopic (exact) mass is 264 g/mol. The van der Waals surface area contributed by atoms with E-state index in [2.05, 4.69) is 25.1 Å². The number of hydrogen-bond acceptors (Lipinski definition) is 1. The Hall–Kier alpha value is -1.05. The Morgan fingerprint density at radius 1 is 1.20 bits per heavy atom. The van der Waals surface area contributed by atoms with Gasteiger partial charge in [-0.1, -0.05) is 30.6 Å². The molecule has 4 rings (SSSR count). The second kappa shape index (κ2) is 4.22. The topological polar surface area (TPSA) is 17.1 Å². The third kappa shape index (κ3) is 1.60. The fourth-order valence-corrected chi connectivity index (χ4v) is 5.37. The van der Waals surface area contributed by atoms with Gasteiger partial charge in [0.05, 0.1) is 0 Å². The van der Waals surface area contributed by atoms with Crippen molar-refractivity contribution in [1.29, 1.82) is 0 Å². The molecule has 0 aliphatic heterocycles. The van der Waals surface area contributed by atoms with E-state index >= 15 is 0 Å². The van der Waals surface area contributed by atoms with Crippen LogP contribution in [-0.2, 0) is 11.2 Å². The summed E-state index contributed by atoms with van der Waals surface area (Å²) in [6.45, 7) is 2.24. The van der Waals surface area contributed by atoms with Gasteiger partial charge in [-0.05, 0) is 61.0 Å². The number of fused-ring (bicyclic) bond motifs is 5. The molecule has 3 aliphatic rings. The SMILES string of the molecule is [B]c1ccc2c(c1)CC[C@@H]1[C@@H]2CC[C@]2(C)C(=O)CC[C@@H]12. The van der Waals surface area contributed by atoms with Crippen molar-refractivity contribution in [3.05, 3.63) is 29.3 Å². The highest BCUT2D eigenvalue weighted by Gasteiger charge is 2.54. The van der Waals surface area contributed by atoms with Gasteiger partial charge in [-0.15, -0.1) is 0 Å². The van der Waals surface area contributed by atoms with E-state index in [-0.39, 0.29) is 5.41 Å². The Kier molecular flexibility index (Phi) is 2.68. The molecular weight excluding hydrogens is 243 g/mol. The third-order valence-electron chi connectivity index (χ3n) is 6.46. The van der Waals surface area contributed by atoms with Crippen LogP contribution in [0.3, 0.4) is 0 Å². The highest BCUT2D eigenvalue weighted by atomic mass is 16.1. The van der Waals surface area contributed by atoms with Crippen LogP contribution in [0.4, 0.5) is 0 Å². The van der Waals surface area contributed by atoms with Crippen LogP contribution in [0.2, 0.25) is 0 Å². The van der Waals surface area contributed by atoms with Crippen molar-refractivity contribution in [1.82, 2.24) is 0 Å². The Morgan fingerprint density at radius 2 is 2.05 bits per heavy atom. The predicted octanol–water partition coefficient (Wildman–Crippen LogP) is 2.91. The van der Waals surface area contributed by atoms with Crippen LogP contribution in [0, 0.1) is 17.3 Å². The zero-order valence-corrected chi connectivity index (χ0v) is 12.2. The van der Waals surface area contributed by atoms with Gasteiger partial charge in [0.1, 0.15) is 13.6 Å². The Labute approximate surface area is 122 Å². The lowest BCUT2D eigenvalue weighted by Crippen LogP contribution is -2.42. The van der Waals surface area contributed by atoms with E-state index in [0.29, 0.717) is 17.6 Å². The average molecular weight is 264 g/mol. The van der Waals surface area contributed by atoms with Crippen LogP contribution in [0.15, 0.2) is 18.2 Å². The van der Waals surface area contributed by atoms with Gasteiger partial charge in [0.25, 0.3) is 0 Å². The van der Waals surface area contributed by atoms with Gasteiger partial charge in [-0.3, -0.25) is 4.79 Å². The van der Waals surface area contributed by atoms with Crippen molar-refractivity contribution >= 4 is 19.1 Å². The van der Waals surface area contributed by atoms with Crippen molar-refractivity contribution in [2.24, 2.45) is 17.3 Å². The molecule has 2 saturated carbocycles. The fraction of sp³-hybridized carbons (Fsp3) is 0.611.